The summed E-state index contributed by atoms with van der Waals surface area (Å²) >= 11 is 0. The lowest BCUT2D eigenvalue weighted by molar-refractivity contribution is 0.198. The van der Waals surface area contributed by atoms with Crippen LogP contribution in [0.1, 0.15) is 29.5 Å². The Morgan fingerprint density at radius 3 is 2.32 bits per heavy atom. The zero-order valence-electron chi connectivity index (χ0n) is 19.7. The number of halogens is 1. The second kappa shape index (κ2) is 13.9. The molecule has 180 valence electrons. The lowest BCUT2D eigenvalue weighted by Gasteiger charge is -2.33. The first-order valence-corrected chi connectivity index (χ1v) is 11.6. The monoisotopic (exact) mass is 571 g/mol. The van der Waals surface area contributed by atoms with E-state index in [4.69, 9.17) is 4.74 Å². The Labute approximate surface area is 219 Å². The van der Waals surface area contributed by atoms with Crippen LogP contribution < -0.4 is 15.4 Å². The molecule has 2 aromatic carbocycles. The molecule has 1 saturated heterocycles. The van der Waals surface area contributed by atoms with Crippen molar-refractivity contribution in [3.8, 4) is 5.88 Å². The molecule has 0 unspecified atom stereocenters. The number of likely N-dealkylation sites (tertiary alicyclic amines) is 1. The van der Waals surface area contributed by atoms with Crippen molar-refractivity contribution in [2.24, 2.45) is 4.99 Å². The van der Waals surface area contributed by atoms with Gasteiger partial charge >= 0.3 is 0 Å². The van der Waals surface area contributed by atoms with Crippen LogP contribution in [0.2, 0.25) is 0 Å². The number of rotatable bonds is 8. The van der Waals surface area contributed by atoms with E-state index in [-0.39, 0.29) is 24.0 Å². The van der Waals surface area contributed by atoms with Gasteiger partial charge in [-0.1, -0.05) is 60.7 Å². The fourth-order valence-corrected chi connectivity index (χ4v) is 4.02. The Bertz CT molecular complexity index is 1010. The van der Waals surface area contributed by atoms with E-state index in [0.717, 1.165) is 49.6 Å². The van der Waals surface area contributed by atoms with Crippen LogP contribution in [0.15, 0.2) is 84.0 Å². The first-order valence-electron chi connectivity index (χ1n) is 11.6. The molecule has 0 spiro atoms. The van der Waals surface area contributed by atoms with E-state index in [1.54, 1.807) is 6.20 Å². The molecule has 6 nitrogen and oxygen atoms in total. The summed E-state index contributed by atoms with van der Waals surface area (Å²) in [6.07, 6.45) is 4.01. The normalized spacial score (nSPS) is 14.8. The van der Waals surface area contributed by atoms with Gasteiger partial charge in [-0.2, -0.15) is 0 Å². The minimum atomic E-state index is 0. The van der Waals surface area contributed by atoms with Crippen molar-refractivity contribution >= 4 is 29.9 Å². The molecule has 3 aromatic rings. The molecular weight excluding hydrogens is 537 g/mol. The van der Waals surface area contributed by atoms with Gasteiger partial charge in [-0.05, 0) is 35.6 Å². The molecule has 1 aliphatic rings. The average molecular weight is 572 g/mol. The molecule has 0 saturated carbocycles. The quantitative estimate of drug-likeness (QED) is 0.235. The van der Waals surface area contributed by atoms with Crippen molar-refractivity contribution in [3.63, 3.8) is 0 Å². The fourth-order valence-electron chi connectivity index (χ4n) is 4.02. The summed E-state index contributed by atoms with van der Waals surface area (Å²) in [7, 11) is 1.82. The average Bonchev–Trinajstić information content (AvgIpc) is 2.88. The van der Waals surface area contributed by atoms with Crippen molar-refractivity contribution < 1.29 is 4.74 Å². The Morgan fingerprint density at radius 2 is 1.65 bits per heavy atom. The summed E-state index contributed by atoms with van der Waals surface area (Å²) in [5, 5.41) is 7.01. The Balaban J connectivity index is 0.00000324. The molecule has 1 aliphatic heterocycles. The van der Waals surface area contributed by atoms with Gasteiger partial charge in [0, 0.05) is 51.5 Å². The highest BCUT2D eigenvalue weighted by Gasteiger charge is 2.20. The third-order valence-electron chi connectivity index (χ3n) is 5.89. The predicted molar refractivity (Wildman–Crippen MR) is 149 cm³/mol. The van der Waals surface area contributed by atoms with Gasteiger partial charge in [0.05, 0.1) is 0 Å². The number of aromatic nitrogens is 1. The molecule has 2 N–H and O–H groups in total. The Kier molecular flexibility index (Phi) is 10.6. The van der Waals surface area contributed by atoms with Crippen LogP contribution in [0.3, 0.4) is 0 Å². The fraction of sp³-hybridized carbons (Fsp3) is 0.333. The van der Waals surface area contributed by atoms with Crippen molar-refractivity contribution in [1.82, 2.24) is 20.5 Å². The highest BCUT2D eigenvalue weighted by atomic mass is 127. The van der Waals surface area contributed by atoms with Crippen LogP contribution in [0.5, 0.6) is 5.88 Å². The molecule has 0 bridgehead atoms. The highest BCUT2D eigenvalue weighted by Crippen LogP contribution is 2.14. The zero-order chi connectivity index (χ0) is 22.7. The van der Waals surface area contributed by atoms with Crippen molar-refractivity contribution in [2.75, 3.05) is 20.1 Å². The van der Waals surface area contributed by atoms with Crippen LogP contribution in [0.4, 0.5) is 0 Å². The van der Waals surface area contributed by atoms with Crippen LogP contribution in [0, 0.1) is 0 Å². The van der Waals surface area contributed by atoms with Crippen molar-refractivity contribution in [3.05, 3.63) is 95.7 Å². The summed E-state index contributed by atoms with van der Waals surface area (Å²) in [6, 6.07) is 25.2. The maximum atomic E-state index is 5.85. The number of ether oxygens (including phenoxy) is 1. The molecule has 0 aliphatic carbocycles. The minimum absolute atomic E-state index is 0. The Morgan fingerprint density at radius 1 is 0.971 bits per heavy atom. The van der Waals surface area contributed by atoms with Gasteiger partial charge in [-0.15, -0.1) is 24.0 Å². The molecule has 1 fully saturated rings. The third kappa shape index (κ3) is 8.29. The summed E-state index contributed by atoms with van der Waals surface area (Å²) < 4.78 is 5.85. The van der Waals surface area contributed by atoms with Gasteiger partial charge in [-0.25, -0.2) is 4.98 Å². The van der Waals surface area contributed by atoms with Crippen LogP contribution >= 0.6 is 24.0 Å². The number of aliphatic imine (C=N–C) groups is 1. The Hall–Kier alpha value is -2.65. The second-order valence-corrected chi connectivity index (χ2v) is 8.38. The second-order valence-electron chi connectivity index (χ2n) is 8.38. The first-order chi connectivity index (χ1) is 16.3. The minimum Gasteiger partial charge on any atom is -0.473 e. The third-order valence-corrected chi connectivity index (χ3v) is 5.89. The molecule has 0 amide bonds. The van der Waals surface area contributed by atoms with Gasteiger partial charge in [0.15, 0.2) is 5.96 Å². The van der Waals surface area contributed by atoms with Crippen LogP contribution in [-0.2, 0) is 19.7 Å². The van der Waals surface area contributed by atoms with Gasteiger partial charge < -0.3 is 15.4 Å². The molecule has 4 rings (SSSR count). The number of benzene rings is 2. The van der Waals surface area contributed by atoms with E-state index in [9.17, 15) is 0 Å². The van der Waals surface area contributed by atoms with E-state index in [2.05, 4.69) is 55.8 Å². The lowest BCUT2D eigenvalue weighted by atomic mass is 10.0. The van der Waals surface area contributed by atoms with Gasteiger partial charge in [-0.3, -0.25) is 9.89 Å². The molecule has 34 heavy (non-hydrogen) atoms. The first kappa shape index (κ1) is 26.0. The number of hydrogen-bond donors (Lipinski definition) is 2. The van der Waals surface area contributed by atoms with Crippen molar-refractivity contribution in [2.45, 2.75) is 38.6 Å². The molecule has 0 radical (unpaired) electrons. The topological polar surface area (TPSA) is 61.8 Å². The number of guanidine groups is 1. The van der Waals surface area contributed by atoms with E-state index in [1.807, 2.05) is 49.5 Å². The summed E-state index contributed by atoms with van der Waals surface area (Å²) in [5.74, 6) is 1.46. The summed E-state index contributed by atoms with van der Waals surface area (Å²) in [4.78, 5) is 11.3. The number of pyridine rings is 1. The molecular formula is C27H34IN5O. The smallest absolute Gasteiger partial charge is 0.213 e. The number of nitrogens with zero attached hydrogens (tertiary/aromatic N) is 3. The number of hydrogen-bond acceptors (Lipinski definition) is 4. The van der Waals surface area contributed by atoms with Gasteiger partial charge in [0.2, 0.25) is 5.88 Å². The highest BCUT2D eigenvalue weighted by molar-refractivity contribution is 14.0. The maximum Gasteiger partial charge on any atom is 0.213 e. The van der Waals surface area contributed by atoms with E-state index in [0.29, 0.717) is 25.1 Å². The largest absolute Gasteiger partial charge is 0.473 e. The molecule has 0 atom stereocenters. The van der Waals surface area contributed by atoms with Gasteiger partial charge in [0.25, 0.3) is 0 Å². The van der Waals surface area contributed by atoms with E-state index >= 15 is 0 Å². The predicted octanol–water partition coefficient (Wildman–Crippen LogP) is 4.61. The summed E-state index contributed by atoms with van der Waals surface area (Å²) in [6.45, 7) is 4.39. The summed E-state index contributed by atoms with van der Waals surface area (Å²) in [5.41, 5.74) is 3.61. The molecule has 7 heteroatoms. The van der Waals surface area contributed by atoms with E-state index < -0.39 is 0 Å². The molecule has 2 heterocycles. The van der Waals surface area contributed by atoms with E-state index in [1.165, 1.54) is 5.56 Å². The number of piperidine rings is 1. The SMILES string of the molecule is CN=C(NCc1ccnc(OCc2ccccc2)c1)NC1CCN(Cc2ccccc2)CC1.I. The molecule has 1 aromatic heterocycles. The lowest BCUT2D eigenvalue weighted by Crippen LogP contribution is -2.48. The number of nitrogens with one attached hydrogen (secondary N) is 2. The zero-order valence-corrected chi connectivity index (χ0v) is 22.0. The maximum absolute atomic E-state index is 5.85. The van der Waals surface area contributed by atoms with Crippen molar-refractivity contribution in [1.29, 1.82) is 0 Å². The van der Waals surface area contributed by atoms with Crippen LogP contribution in [0.25, 0.3) is 0 Å². The van der Waals surface area contributed by atoms with Crippen LogP contribution in [-0.4, -0.2) is 42.0 Å². The standard InChI is InChI=1S/C27H33N5O.HI/c1-28-27(31-25-13-16-32(17-14-25)20-22-8-4-2-5-9-22)30-19-24-12-15-29-26(18-24)33-21-23-10-6-3-7-11-23;/h2-12,15,18,25H,13-14,16-17,19-21H2,1H3,(H2,28,30,31);1H. The van der Waals surface area contributed by atoms with Gasteiger partial charge in [0.1, 0.15) is 6.61 Å².